The van der Waals surface area contributed by atoms with Crippen molar-refractivity contribution < 1.29 is 4.79 Å². The molecule has 0 aliphatic carbocycles. The minimum absolute atomic E-state index is 0.0741. The molecule has 1 aromatic carbocycles. The zero-order valence-corrected chi connectivity index (χ0v) is 10.3. The topological polar surface area (TPSA) is 67.2 Å². The van der Waals surface area contributed by atoms with Gasteiger partial charge in [0.25, 0.3) is 0 Å². The molecule has 1 aliphatic heterocycles. The number of carbonyl (C=O) groups is 1. The normalized spacial score (nSPS) is 17.5. The van der Waals surface area contributed by atoms with Crippen LogP contribution in [0.2, 0.25) is 0 Å². The Morgan fingerprint density at radius 1 is 1.53 bits per heavy atom. The van der Waals surface area contributed by atoms with Gasteiger partial charge in [-0.25, -0.2) is 0 Å². The van der Waals surface area contributed by atoms with Crippen molar-refractivity contribution >= 4 is 11.6 Å². The van der Waals surface area contributed by atoms with Gasteiger partial charge in [-0.05, 0) is 36.7 Å². The van der Waals surface area contributed by atoms with Crippen LogP contribution in [-0.4, -0.2) is 19.5 Å². The van der Waals surface area contributed by atoms with Gasteiger partial charge in [0.15, 0.2) is 0 Å². The van der Waals surface area contributed by atoms with E-state index < -0.39 is 0 Å². The molecule has 4 nitrogen and oxygen atoms in total. The zero-order chi connectivity index (χ0) is 12.4. The number of rotatable bonds is 4. The van der Waals surface area contributed by atoms with Gasteiger partial charge in [0.1, 0.15) is 0 Å². The Kier molecular flexibility index (Phi) is 3.45. The summed E-state index contributed by atoms with van der Waals surface area (Å²) >= 11 is 0. The fourth-order valence-electron chi connectivity index (χ4n) is 2.36. The second-order valence-electron chi connectivity index (χ2n) is 4.62. The predicted molar refractivity (Wildman–Crippen MR) is 68.8 cm³/mol. The van der Waals surface area contributed by atoms with E-state index in [1.165, 1.54) is 5.56 Å². The molecule has 0 radical (unpaired) electrons. The van der Waals surface area contributed by atoms with Crippen LogP contribution in [0.15, 0.2) is 18.2 Å². The number of benzene rings is 1. The summed E-state index contributed by atoms with van der Waals surface area (Å²) in [5.41, 5.74) is 8.93. The summed E-state index contributed by atoms with van der Waals surface area (Å²) in [7, 11) is 1.94. The molecule has 1 amide bonds. The highest BCUT2D eigenvalue weighted by Crippen LogP contribution is 2.28. The Balaban J connectivity index is 2.28. The van der Waals surface area contributed by atoms with Crippen LogP contribution in [0.1, 0.15) is 24.1 Å². The number of hydrogen-bond donors (Lipinski definition) is 3. The van der Waals surface area contributed by atoms with Gasteiger partial charge in [-0.2, -0.15) is 0 Å². The second kappa shape index (κ2) is 4.85. The number of carbonyl (C=O) groups excluding carboxylic acids is 1. The molecule has 92 valence electrons. The fourth-order valence-corrected chi connectivity index (χ4v) is 2.36. The average Bonchev–Trinajstić information content (AvgIpc) is 2.69. The van der Waals surface area contributed by atoms with Gasteiger partial charge in [-0.1, -0.05) is 19.1 Å². The minimum Gasteiger partial charge on any atom is -0.330 e. The summed E-state index contributed by atoms with van der Waals surface area (Å²) in [4.78, 5) is 11.3. The molecule has 2 rings (SSSR count). The molecule has 0 spiro atoms. The molecule has 4 heteroatoms. The first-order valence-electron chi connectivity index (χ1n) is 5.95. The number of nitrogens with two attached hydrogens (primary N) is 1. The van der Waals surface area contributed by atoms with Gasteiger partial charge in [0, 0.05) is 11.7 Å². The number of hydrogen-bond acceptors (Lipinski definition) is 3. The van der Waals surface area contributed by atoms with E-state index in [1.807, 2.05) is 13.1 Å². The maximum atomic E-state index is 11.3. The molecule has 0 fully saturated rings. The Labute approximate surface area is 102 Å². The van der Waals surface area contributed by atoms with Gasteiger partial charge in [-0.3, -0.25) is 4.79 Å². The molecular formula is C13H19N3O. The van der Waals surface area contributed by atoms with E-state index in [0.29, 0.717) is 18.9 Å². The lowest BCUT2D eigenvalue weighted by Crippen LogP contribution is -2.28. The highest BCUT2D eigenvalue weighted by Gasteiger charge is 2.21. The van der Waals surface area contributed by atoms with E-state index in [2.05, 4.69) is 29.7 Å². The summed E-state index contributed by atoms with van der Waals surface area (Å²) in [6.07, 6.45) is 0.483. The molecule has 17 heavy (non-hydrogen) atoms. The van der Waals surface area contributed by atoms with Gasteiger partial charge in [0.05, 0.1) is 6.42 Å². The first kappa shape index (κ1) is 12.1. The van der Waals surface area contributed by atoms with Crippen LogP contribution >= 0.6 is 0 Å². The molecule has 0 saturated carbocycles. The van der Waals surface area contributed by atoms with E-state index >= 15 is 0 Å². The lowest BCUT2D eigenvalue weighted by Gasteiger charge is -2.23. The van der Waals surface area contributed by atoms with Crippen molar-refractivity contribution in [2.75, 3.05) is 18.9 Å². The molecule has 2 unspecified atom stereocenters. The van der Waals surface area contributed by atoms with E-state index in [0.717, 1.165) is 11.3 Å². The molecular weight excluding hydrogens is 214 g/mol. The minimum atomic E-state index is 0.0741. The van der Waals surface area contributed by atoms with Crippen molar-refractivity contribution in [3.05, 3.63) is 29.3 Å². The van der Waals surface area contributed by atoms with Crippen molar-refractivity contribution in [3.63, 3.8) is 0 Å². The van der Waals surface area contributed by atoms with Crippen LogP contribution in [0.5, 0.6) is 0 Å². The molecule has 0 saturated heterocycles. The number of nitrogens with one attached hydrogen (secondary N) is 2. The molecule has 2 atom stereocenters. The number of amides is 1. The lowest BCUT2D eigenvalue weighted by molar-refractivity contribution is -0.115. The zero-order valence-electron chi connectivity index (χ0n) is 10.3. The summed E-state index contributed by atoms with van der Waals surface area (Å²) < 4.78 is 0. The molecule has 0 aromatic heterocycles. The van der Waals surface area contributed by atoms with Crippen molar-refractivity contribution in [1.29, 1.82) is 0 Å². The van der Waals surface area contributed by atoms with Crippen LogP contribution in [0.25, 0.3) is 0 Å². The summed E-state index contributed by atoms with van der Waals surface area (Å²) in [6.45, 7) is 2.76. The molecule has 1 heterocycles. The highest BCUT2D eigenvalue weighted by molar-refractivity contribution is 5.99. The van der Waals surface area contributed by atoms with Crippen LogP contribution in [0, 0.1) is 5.92 Å². The molecule has 1 aromatic rings. The predicted octanol–water partition coefficient (Wildman–Crippen LogP) is 1.04. The lowest BCUT2D eigenvalue weighted by atomic mass is 9.93. The maximum absolute atomic E-state index is 11.3. The quantitative estimate of drug-likeness (QED) is 0.728. The van der Waals surface area contributed by atoms with Crippen LogP contribution in [0.4, 0.5) is 5.69 Å². The standard InChI is InChI=1S/C13H19N3O/c1-8(7-14)13(15-2)9-3-4-11-10(5-9)6-12(17)16-11/h3-5,8,13,15H,6-7,14H2,1-2H3,(H,16,17). The highest BCUT2D eigenvalue weighted by atomic mass is 16.1. The third kappa shape index (κ3) is 2.33. The van der Waals surface area contributed by atoms with Gasteiger partial charge >= 0.3 is 0 Å². The largest absolute Gasteiger partial charge is 0.330 e. The first-order valence-corrected chi connectivity index (χ1v) is 5.95. The van der Waals surface area contributed by atoms with Crippen molar-refractivity contribution in [1.82, 2.24) is 5.32 Å². The first-order chi connectivity index (χ1) is 8.15. The van der Waals surface area contributed by atoms with Crippen molar-refractivity contribution in [2.45, 2.75) is 19.4 Å². The van der Waals surface area contributed by atoms with Crippen LogP contribution in [0.3, 0.4) is 0 Å². The Morgan fingerprint density at radius 2 is 2.29 bits per heavy atom. The number of anilines is 1. The third-order valence-corrected chi connectivity index (χ3v) is 3.37. The molecule has 0 bridgehead atoms. The summed E-state index contributed by atoms with van der Waals surface area (Å²) in [5.74, 6) is 0.438. The van der Waals surface area contributed by atoms with E-state index in [1.54, 1.807) is 0 Å². The number of fused-ring (bicyclic) bond motifs is 1. The molecule has 4 N–H and O–H groups in total. The monoisotopic (exact) mass is 233 g/mol. The second-order valence-corrected chi connectivity index (χ2v) is 4.62. The van der Waals surface area contributed by atoms with Gasteiger partial charge in [-0.15, -0.1) is 0 Å². The van der Waals surface area contributed by atoms with Gasteiger partial charge in [0.2, 0.25) is 5.91 Å². The Bertz CT molecular complexity index is 431. The summed E-state index contributed by atoms with van der Waals surface area (Å²) in [5, 5.41) is 6.13. The van der Waals surface area contributed by atoms with E-state index in [4.69, 9.17) is 5.73 Å². The molecule has 1 aliphatic rings. The van der Waals surface area contributed by atoms with E-state index in [9.17, 15) is 4.79 Å². The third-order valence-electron chi connectivity index (χ3n) is 3.37. The SMILES string of the molecule is CNC(c1ccc2c(c1)CC(=O)N2)C(C)CN. The maximum Gasteiger partial charge on any atom is 0.228 e. The van der Waals surface area contributed by atoms with Gasteiger partial charge < -0.3 is 16.4 Å². The van der Waals surface area contributed by atoms with Crippen LogP contribution < -0.4 is 16.4 Å². The van der Waals surface area contributed by atoms with E-state index in [-0.39, 0.29) is 11.9 Å². The van der Waals surface area contributed by atoms with Crippen molar-refractivity contribution in [3.8, 4) is 0 Å². The fraction of sp³-hybridized carbons (Fsp3) is 0.462. The summed E-state index contributed by atoms with van der Waals surface area (Å²) in [6, 6.07) is 6.36. The Morgan fingerprint density at radius 3 is 2.94 bits per heavy atom. The Hall–Kier alpha value is -1.39. The van der Waals surface area contributed by atoms with Crippen molar-refractivity contribution in [2.24, 2.45) is 11.7 Å². The van der Waals surface area contributed by atoms with Crippen LogP contribution in [-0.2, 0) is 11.2 Å². The smallest absolute Gasteiger partial charge is 0.228 e. The average molecular weight is 233 g/mol.